The summed E-state index contributed by atoms with van der Waals surface area (Å²) in [5.41, 5.74) is 2.08. The minimum Gasteiger partial charge on any atom is -0.380 e. The molecule has 1 aromatic rings. The number of pyridine rings is 1. The lowest BCUT2D eigenvalue weighted by Crippen LogP contribution is -2.66. The Labute approximate surface area is 142 Å². The van der Waals surface area contributed by atoms with Crippen molar-refractivity contribution in [2.24, 2.45) is 17.3 Å². The van der Waals surface area contributed by atoms with Crippen LogP contribution in [0.4, 0.5) is 11.4 Å². The van der Waals surface area contributed by atoms with Gasteiger partial charge < -0.3 is 15.0 Å². The van der Waals surface area contributed by atoms with Gasteiger partial charge in [-0.1, -0.05) is 20.8 Å². The van der Waals surface area contributed by atoms with E-state index in [-0.39, 0.29) is 23.5 Å². The fourth-order valence-corrected chi connectivity index (χ4v) is 3.15. The van der Waals surface area contributed by atoms with Gasteiger partial charge in [-0.05, 0) is 12.0 Å². The summed E-state index contributed by atoms with van der Waals surface area (Å²) in [4.78, 5) is 30.8. The molecule has 2 aliphatic heterocycles. The maximum absolute atomic E-state index is 12.7. The molecule has 0 aliphatic carbocycles. The summed E-state index contributed by atoms with van der Waals surface area (Å²) >= 11 is 0. The Bertz CT molecular complexity index is 659. The number of nitrogens with one attached hydrogen (secondary N) is 1. The molecule has 1 aromatic heterocycles. The highest BCUT2D eigenvalue weighted by molar-refractivity contribution is 6.04. The van der Waals surface area contributed by atoms with Crippen LogP contribution in [0.15, 0.2) is 12.3 Å². The third-order valence-corrected chi connectivity index (χ3v) is 5.07. The second-order valence-corrected chi connectivity index (χ2v) is 7.52. The summed E-state index contributed by atoms with van der Waals surface area (Å²) in [5, 5.41) is 2.77. The van der Waals surface area contributed by atoms with Gasteiger partial charge in [0.1, 0.15) is 5.69 Å². The fourth-order valence-electron chi connectivity index (χ4n) is 3.15. The molecule has 3 heterocycles. The molecule has 24 heavy (non-hydrogen) atoms. The molecule has 1 unspecified atom stereocenters. The second-order valence-electron chi connectivity index (χ2n) is 7.52. The molecule has 1 amide bonds. The van der Waals surface area contributed by atoms with E-state index in [4.69, 9.17) is 4.74 Å². The molecule has 1 atom stereocenters. The van der Waals surface area contributed by atoms with Crippen LogP contribution in [0.2, 0.25) is 0 Å². The van der Waals surface area contributed by atoms with Crippen LogP contribution in [0.3, 0.4) is 0 Å². The Hall–Kier alpha value is -1.95. The molecule has 1 N–H and O–H groups in total. The number of aromatic nitrogens is 1. The lowest BCUT2D eigenvalue weighted by Gasteiger charge is -2.55. The summed E-state index contributed by atoms with van der Waals surface area (Å²) in [6.07, 6.45) is 1.73. The van der Waals surface area contributed by atoms with E-state index < -0.39 is 0 Å². The van der Waals surface area contributed by atoms with E-state index in [0.29, 0.717) is 16.8 Å². The Morgan fingerprint density at radius 3 is 2.46 bits per heavy atom. The predicted octanol–water partition coefficient (Wildman–Crippen LogP) is 2.35. The zero-order valence-corrected chi connectivity index (χ0v) is 14.8. The van der Waals surface area contributed by atoms with Crippen molar-refractivity contribution in [3.05, 3.63) is 18.0 Å². The Morgan fingerprint density at radius 2 is 1.96 bits per heavy atom. The first-order valence-corrected chi connectivity index (χ1v) is 8.46. The maximum Gasteiger partial charge on any atom is 0.221 e. The van der Waals surface area contributed by atoms with Crippen molar-refractivity contribution < 1.29 is 14.3 Å². The molecule has 1 spiro atoms. The maximum atomic E-state index is 12.7. The van der Waals surface area contributed by atoms with Crippen molar-refractivity contribution in [2.75, 3.05) is 36.5 Å². The third-order valence-electron chi connectivity index (χ3n) is 5.07. The van der Waals surface area contributed by atoms with Crippen molar-refractivity contribution in [3.8, 4) is 0 Å². The van der Waals surface area contributed by atoms with E-state index in [1.807, 2.05) is 26.8 Å². The SMILES string of the molecule is CC(=O)Nc1cc(N2CC3(COC3)C2)cnc1C(=O)C(C)C(C)C. The van der Waals surface area contributed by atoms with Gasteiger partial charge in [-0.2, -0.15) is 0 Å². The number of amides is 1. The molecule has 3 rings (SSSR count). The Kier molecular flexibility index (Phi) is 4.34. The monoisotopic (exact) mass is 331 g/mol. The highest BCUT2D eigenvalue weighted by Crippen LogP contribution is 2.40. The quantitative estimate of drug-likeness (QED) is 0.839. The molecule has 0 bridgehead atoms. The molecule has 2 saturated heterocycles. The largest absolute Gasteiger partial charge is 0.380 e. The van der Waals surface area contributed by atoms with Crippen LogP contribution >= 0.6 is 0 Å². The molecule has 0 saturated carbocycles. The first-order valence-electron chi connectivity index (χ1n) is 8.46. The predicted molar refractivity (Wildman–Crippen MR) is 92.3 cm³/mol. The average molecular weight is 331 g/mol. The average Bonchev–Trinajstić information content (AvgIpc) is 2.42. The number of Topliss-reactive ketones (excluding diaryl/α,β-unsaturated/α-hetero) is 1. The van der Waals surface area contributed by atoms with Gasteiger partial charge in [0.25, 0.3) is 0 Å². The number of hydrogen-bond donors (Lipinski definition) is 1. The van der Waals surface area contributed by atoms with Crippen LogP contribution in [0.5, 0.6) is 0 Å². The first kappa shape index (κ1) is 16.9. The van der Waals surface area contributed by atoms with Crippen LogP contribution in [-0.4, -0.2) is 43.0 Å². The van der Waals surface area contributed by atoms with Gasteiger partial charge in [0.05, 0.1) is 36.2 Å². The van der Waals surface area contributed by atoms with Gasteiger partial charge in [0.2, 0.25) is 5.91 Å². The second kappa shape index (κ2) is 6.16. The van der Waals surface area contributed by atoms with Crippen LogP contribution in [-0.2, 0) is 9.53 Å². The van der Waals surface area contributed by atoms with Gasteiger partial charge >= 0.3 is 0 Å². The minimum atomic E-state index is -0.201. The number of ketones is 1. The molecule has 2 aliphatic rings. The highest BCUT2D eigenvalue weighted by Gasteiger charge is 2.49. The zero-order valence-electron chi connectivity index (χ0n) is 14.8. The molecule has 6 heteroatoms. The van der Waals surface area contributed by atoms with Gasteiger partial charge in [0.15, 0.2) is 5.78 Å². The topological polar surface area (TPSA) is 71.5 Å². The van der Waals surface area contributed by atoms with E-state index in [2.05, 4.69) is 15.2 Å². The number of ether oxygens (including phenoxy) is 1. The Morgan fingerprint density at radius 1 is 1.29 bits per heavy atom. The van der Waals surface area contributed by atoms with Gasteiger partial charge in [-0.15, -0.1) is 0 Å². The number of carbonyl (C=O) groups is 2. The zero-order chi connectivity index (χ0) is 17.5. The van der Waals surface area contributed by atoms with E-state index >= 15 is 0 Å². The summed E-state index contributed by atoms with van der Waals surface area (Å²) in [7, 11) is 0. The molecule has 0 aromatic carbocycles. The number of rotatable bonds is 5. The molecule has 2 fully saturated rings. The van der Waals surface area contributed by atoms with Crippen molar-refractivity contribution in [3.63, 3.8) is 0 Å². The fraction of sp³-hybridized carbons (Fsp3) is 0.611. The molecule has 6 nitrogen and oxygen atoms in total. The van der Waals surface area contributed by atoms with Crippen molar-refractivity contribution in [1.29, 1.82) is 0 Å². The van der Waals surface area contributed by atoms with Crippen LogP contribution in [0.25, 0.3) is 0 Å². The van der Waals surface area contributed by atoms with Gasteiger partial charge in [-0.25, -0.2) is 4.98 Å². The highest BCUT2D eigenvalue weighted by atomic mass is 16.5. The number of carbonyl (C=O) groups excluding carboxylic acids is 2. The standard InChI is InChI=1S/C18H25N3O3/c1-11(2)12(3)17(23)16-15(20-13(4)22)5-14(6-19-16)21-7-18(8-21)9-24-10-18/h5-6,11-12H,7-10H2,1-4H3,(H,20,22). The van der Waals surface area contributed by atoms with E-state index in [9.17, 15) is 9.59 Å². The minimum absolute atomic E-state index is 0.0345. The normalized spacial score (nSPS) is 19.6. The summed E-state index contributed by atoms with van der Waals surface area (Å²) in [5.74, 6) is -0.159. The smallest absolute Gasteiger partial charge is 0.221 e. The summed E-state index contributed by atoms with van der Waals surface area (Å²) in [6.45, 7) is 10.9. The molecular formula is C18H25N3O3. The van der Waals surface area contributed by atoms with Crippen LogP contribution < -0.4 is 10.2 Å². The number of hydrogen-bond acceptors (Lipinski definition) is 5. The lowest BCUT2D eigenvalue weighted by molar-refractivity contribution is -0.127. The van der Waals surface area contributed by atoms with Crippen LogP contribution in [0.1, 0.15) is 38.2 Å². The Balaban J connectivity index is 1.84. The van der Waals surface area contributed by atoms with E-state index in [1.165, 1.54) is 6.92 Å². The summed E-state index contributed by atoms with van der Waals surface area (Å²) in [6, 6.07) is 1.86. The first-order chi connectivity index (χ1) is 11.3. The van der Waals surface area contributed by atoms with E-state index in [0.717, 1.165) is 32.0 Å². The van der Waals surface area contributed by atoms with Crippen molar-refractivity contribution in [1.82, 2.24) is 4.98 Å². The van der Waals surface area contributed by atoms with Crippen molar-refractivity contribution >= 4 is 23.1 Å². The van der Waals surface area contributed by atoms with Gasteiger partial charge in [-0.3, -0.25) is 9.59 Å². The number of nitrogens with zero attached hydrogens (tertiary/aromatic N) is 2. The molecule has 130 valence electrons. The lowest BCUT2D eigenvalue weighted by atomic mass is 9.78. The third kappa shape index (κ3) is 3.02. The van der Waals surface area contributed by atoms with Crippen molar-refractivity contribution in [2.45, 2.75) is 27.7 Å². The molecule has 0 radical (unpaired) electrons. The number of anilines is 2. The molecular weight excluding hydrogens is 306 g/mol. The van der Waals surface area contributed by atoms with Gasteiger partial charge in [0, 0.05) is 25.9 Å². The van der Waals surface area contributed by atoms with Crippen LogP contribution in [0, 0.1) is 17.3 Å². The summed E-state index contributed by atoms with van der Waals surface area (Å²) < 4.78 is 5.30. The van der Waals surface area contributed by atoms with E-state index in [1.54, 1.807) is 6.20 Å².